The topological polar surface area (TPSA) is 6.48 Å². The van der Waals surface area contributed by atoms with Gasteiger partial charge in [0.05, 0.1) is 0 Å². The Hall–Kier alpha value is -0.0800. The normalized spacial score (nSPS) is 21.0. The molecule has 0 aromatic heterocycles. The zero-order chi connectivity index (χ0) is 20.2. The molecule has 0 radical (unpaired) electrons. The highest BCUT2D eigenvalue weighted by Crippen LogP contribution is 2.34. The Labute approximate surface area is 167 Å². The molecule has 0 N–H and O–H groups in total. The minimum Gasteiger partial charge on any atom is -0.304 e. The zero-order valence-corrected chi connectivity index (χ0v) is 19.9. The summed E-state index contributed by atoms with van der Waals surface area (Å²) >= 11 is 0. The molecule has 0 aromatic rings. The van der Waals surface area contributed by atoms with Crippen LogP contribution in [0.2, 0.25) is 0 Å². The van der Waals surface area contributed by atoms with E-state index < -0.39 is 0 Å². The Balaban J connectivity index is 0.000000428. The van der Waals surface area contributed by atoms with Crippen LogP contribution in [0.25, 0.3) is 0 Å². The Morgan fingerprint density at radius 1 is 0.808 bits per heavy atom. The van der Waals surface area contributed by atoms with Gasteiger partial charge in [-0.3, -0.25) is 0 Å². The average molecular weight is 369 g/mol. The van der Waals surface area contributed by atoms with Crippen molar-refractivity contribution in [3.63, 3.8) is 0 Å². The summed E-state index contributed by atoms with van der Waals surface area (Å²) in [5.41, 5.74) is 0.517. The van der Waals surface area contributed by atoms with Gasteiger partial charge in [0.25, 0.3) is 0 Å². The van der Waals surface area contributed by atoms with Gasteiger partial charge in [-0.25, -0.2) is 0 Å². The minimum absolute atomic E-state index is 0.517. The van der Waals surface area contributed by atoms with Gasteiger partial charge in [-0.15, -0.1) is 0 Å². The number of likely N-dealkylation sites (tertiary alicyclic amines) is 2. The van der Waals surface area contributed by atoms with Crippen LogP contribution < -0.4 is 0 Å². The molecule has 0 spiro atoms. The quantitative estimate of drug-likeness (QED) is 0.547. The molecule has 2 aliphatic rings. The summed E-state index contributed by atoms with van der Waals surface area (Å²) < 4.78 is 0. The SMILES string of the molecule is CC(C)N1CCC(C(C)(C)C)CC1.CCC.CCC1CCN(CC)CC1. The van der Waals surface area contributed by atoms with Crippen molar-refractivity contribution in [1.82, 2.24) is 9.80 Å². The van der Waals surface area contributed by atoms with Crippen molar-refractivity contribution in [1.29, 1.82) is 0 Å². The molecule has 2 nitrogen and oxygen atoms in total. The first kappa shape index (κ1) is 25.9. The highest BCUT2D eigenvalue weighted by molar-refractivity contribution is 4.81. The number of hydrogen-bond acceptors (Lipinski definition) is 2. The fourth-order valence-electron chi connectivity index (χ4n) is 3.99. The van der Waals surface area contributed by atoms with E-state index in [0.717, 1.165) is 17.9 Å². The van der Waals surface area contributed by atoms with Crippen molar-refractivity contribution < 1.29 is 0 Å². The van der Waals surface area contributed by atoms with E-state index in [2.05, 4.69) is 72.1 Å². The summed E-state index contributed by atoms with van der Waals surface area (Å²) in [5, 5.41) is 0. The van der Waals surface area contributed by atoms with Gasteiger partial charge in [-0.2, -0.15) is 0 Å². The van der Waals surface area contributed by atoms with Crippen molar-refractivity contribution in [2.75, 3.05) is 32.7 Å². The predicted molar refractivity (Wildman–Crippen MR) is 120 cm³/mol. The maximum atomic E-state index is 2.60. The fourth-order valence-corrected chi connectivity index (χ4v) is 3.99. The molecule has 2 rings (SSSR count). The Bertz CT molecular complexity index is 291. The molecule has 2 heteroatoms. The summed E-state index contributed by atoms with van der Waals surface area (Å²) in [6.45, 7) is 27.1. The first-order chi connectivity index (χ1) is 12.2. The van der Waals surface area contributed by atoms with Crippen LogP contribution in [0, 0.1) is 17.3 Å². The smallest absolute Gasteiger partial charge is 0.00385 e. The molecule has 0 aromatic carbocycles. The summed E-state index contributed by atoms with van der Waals surface area (Å²) in [5.74, 6) is 1.96. The summed E-state index contributed by atoms with van der Waals surface area (Å²) in [6.07, 6.45) is 8.29. The zero-order valence-electron chi connectivity index (χ0n) is 19.9. The average Bonchev–Trinajstić information content (AvgIpc) is 2.62. The molecule has 0 atom stereocenters. The molecule has 0 unspecified atom stereocenters. The predicted octanol–water partition coefficient (Wildman–Crippen LogP) is 6.70. The second-order valence-electron chi connectivity index (χ2n) is 9.76. The van der Waals surface area contributed by atoms with E-state index in [9.17, 15) is 0 Å². The van der Waals surface area contributed by atoms with Crippen molar-refractivity contribution in [3.8, 4) is 0 Å². The van der Waals surface area contributed by atoms with Crippen molar-refractivity contribution >= 4 is 0 Å². The van der Waals surface area contributed by atoms with Gasteiger partial charge < -0.3 is 9.80 Å². The van der Waals surface area contributed by atoms with E-state index in [1.807, 2.05) is 0 Å². The lowest BCUT2D eigenvalue weighted by molar-refractivity contribution is 0.0930. The third kappa shape index (κ3) is 10.9. The highest BCUT2D eigenvalue weighted by Gasteiger charge is 2.29. The third-order valence-corrected chi connectivity index (χ3v) is 6.22. The van der Waals surface area contributed by atoms with E-state index in [4.69, 9.17) is 0 Å². The van der Waals surface area contributed by atoms with Crippen LogP contribution in [0.5, 0.6) is 0 Å². The molecular formula is C24H52N2. The number of piperidine rings is 2. The third-order valence-electron chi connectivity index (χ3n) is 6.22. The lowest BCUT2D eigenvalue weighted by Gasteiger charge is -2.40. The van der Waals surface area contributed by atoms with Crippen molar-refractivity contribution in [2.24, 2.45) is 17.3 Å². The Kier molecular flexibility index (Phi) is 14.0. The molecular weight excluding hydrogens is 316 g/mol. The first-order valence-corrected chi connectivity index (χ1v) is 11.7. The second kappa shape index (κ2) is 14.0. The largest absolute Gasteiger partial charge is 0.304 e. The summed E-state index contributed by atoms with van der Waals surface area (Å²) in [4.78, 5) is 5.15. The molecule has 26 heavy (non-hydrogen) atoms. The first-order valence-electron chi connectivity index (χ1n) is 11.7. The molecule has 0 amide bonds. The lowest BCUT2D eigenvalue weighted by atomic mass is 9.75. The van der Waals surface area contributed by atoms with Crippen LogP contribution in [0.3, 0.4) is 0 Å². The molecule has 0 aliphatic carbocycles. The van der Waals surface area contributed by atoms with Crippen molar-refractivity contribution in [2.45, 2.75) is 107 Å². The molecule has 2 heterocycles. The van der Waals surface area contributed by atoms with E-state index >= 15 is 0 Å². The second-order valence-corrected chi connectivity index (χ2v) is 9.76. The maximum Gasteiger partial charge on any atom is 0.00385 e. The number of nitrogens with zero attached hydrogens (tertiary/aromatic N) is 2. The summed E-state index contributed by atoms with van der Waals surface area (Å²) in [7, 11) is 0. The van der Waals surface area contributed by atoms with Crippen LogP contribution in [0.1, 0.15) is 101 Å². The maximum absolute atomic E-state index is 2.60. The van der Waals surface area contributed by atoms with Gasteiger partial charge in [0, 0.05) is 6.04 Å². The van der Waals surface area contributed by atoms with Gasteiger partial charge in [0.15, 0.2) is 0 Å². The van der Waals surface area contributed by atoms with Gasteiger partial charge in [0.2, 0.25) is 0 Å². The van der Waals surface area contributed by atoms with E-state index in [1.54, 1.807) is 0 Å². The minimum atomic E-state index is 0.517. The van der Waals surface area contributed by atoms with E-state index in [-0.39, 0.29) is 0 Å². The summed E-state index contributed by atoms with van der Waals surface area (Å²) in [6, 6.07) is 0.737. The monoisotopic (exact) mass is 368 g/mol. The van der Waals surface area contributed by atoms with Gasteiger partial charge in [-0.1, -0.05) is 61.3 Å². The van der Waals surface area contributed by atoms with E-state index in [1.165, 1.54) is 71.2 Å². The lowest BCUT2D eigenvalue weighted by Crippen LogP contribution is -2.41. The van der Waals surface area contributed by atoms with Gasteiger partial charge in [0.1, 0.15) is 0 Å². The standard InChI is InChI=1S/C12H25N.C9H19N.C3H8/c1-10(2)13-8-6-11(7-9-13)12(3,4)5;1-3-9-5-7-10(4-2)8-6-9;1-3-2/h10-11H,6-9H2,1-5H3;9H,3-8H2,1-2H3;3H2,1-2H3. The molecule has 2 saturated heterocycles. The Morgan fingerprint density at radius 2 is 1.27 bits per heavy atom. The van der Waals surface area contributed by atoms with Crippen molar-refractivity contribution in [3.05, 3.63) is 0 Å². The fraction of sp³-hybridized carbons (Fsp3) is 1.00. The van der Waals surface area contributed by atoms with Crippen LogP contribution in [-0.4, -0.2) is 48.6 Å². The number of hydrogen-bond donors (Lipinski definition) is 0. The molecule has 2 fully saturated rings. The van der Waals surface area contributed by atoms with Crippen LogP contribution >= 0.6 is 0 Å². The molecule has 158 valence electrons. The van der Waals surface area contributed by atoms with Gasteiger partial charge in [-0.05, 0) is 89.5 Å². The highest BCUT2D eigenvalue weighted by atomic mass is 15.1. The molecule has 2 aliphatic heterocycles. The molecule has 0 saturated carbocycles. The van der Waals surface area contributed by atoms with E-state index in [0.29, 0.717) is 5.41 Å². The Morgan fingerprint density at radius 3 is 1.58 bits per heavy atom. The van der Waals surface area contributed by atoms with Crippen LogP contribution in [0.4, 0.5) is 0 Å². The molecule has 0 bridgehead atoms. The van der Waals surface area contributed by atoms with Gasteiger partial charge >= 0.3 is 0 Å². The number of rotatable bonds is 3. The van der Waals surface area contributed by atoms with Crippen LogP contribution in [0.15, 0.2) is 0 Å². The van der Waals surface area contributed by atoms with Crippen LogP contribution in [-0.2, 0) is 0 Å².